The van der Waals surface area contributed by atoms with E-state index in [0.717, 1.165) is 42.0 Å². The molecular formula is C18H16F3N3O2S. The van der Waals surface area contributed by atoms with Crippen molar-refractivity contribution in [2.45, 2.75) is 19.1 Å². The topological polar surface area (TPSA) is 58.4 Å². The number of anilines is 1. The highest BCUT2D eigenvalue weighted by atomic mass is 32.1. The molecule has 3 aromatic rings. The van der Waals surface area contributed by atoms with Crippen LogP contribution in [0.1, 0.15) is 12.6 Å². The molecule has 1 N–H and O–H groups in total. The van der Waals surface area contributed by atoms with E-state index in [1.807, 2.05) is 12.1 Å². The van der Waals surface area contributed by atoms with Crippen molar-refractivity contribution in [1.82, 2.24) is 10.3 Å². The number of halogens is 3. The van der Waals surface area contributed by atoms with Crippen molar-refractivity contribution < 1.29 is 17.6 Å². The van der Waals surface area contributed by atoms with E-state index < -0.39 is 17.5 Å². The lowest BCUT2D eigenvalue weighted by Gasteiger charge is -2.33. The summed E-state index contributed by atoms with van der Waals surface area (Å²) in [5.74, 6) is 0. The Morgan fingerprint density at radius 2 is 2.15 bits per heavy atom. The molecule has 27 heavy (non-hydrogen) atoms. The molecule has 1 aromatic carbocycles. The molecule has 1 atom stereocenters. The number of alkyl halides is 3. The molecule has 9 heteroatoms. The Morgan fingerprint density at radius 3 is 2.85 bits per heavy atom. The summed E-state index contributed by atoms with van der Waals surface area (Å²) in [6.45, 7) is 4.65. The van der Waals surface area contributed by atoms with Gasteiger partial charge in [-0.25, -0.2) is 9.78 Å². The Morgan fingerprint density at radius 1 is 1.33 bits per heavy atom. The summed E-state index contributed by atoms with van der Waals surface area (Å²) in [5, 5.41) is 4.90. The van der Waals surface area contributed by atoms with E-state index in [9.17, 15) is 18.0 Å². The number of nitrogens with zero attached hydrogens (tertiary/aromatic N) is 2. The predicted molar refractivity (Wildman–Crippen MR) is 98.3 cm³/mol. The van der Waals surface area contributed by atoms with Crippen LogP contribution >= 0.6 is 11.3 Å². The monoisotopic (exact) mass is 395 g/mol. The van der Waals surface area contributed by atoms with Crippen molar-refractivity contribution in [3.05, 3.63) is 45.8 Å². The number of benzene rings is 1. The van der Waals surface area contributed by atoms with Crippen molar-refractivity contribution in [2.75, 3.05) is 24.5 Å². The van der Waals surface area contributed by atoms with Crippen LogP contribution in [0.25, 0.3) is 21.5 Å². The van der Waals surface area contributed by atoms with Gasteiger partial charge in [0.15, 0.2) is 5.69 Å². The van der Waals surface area contributed by atoms with Crippen LogP contribution in [0.3, 0.4) is 0 Å². The SMILES string of the molecule is C[C@H]1CN(c2ccc3cc(-c4nc(C(F)(F)F)cs4)c(=O)oc3c2)CCN1. The Labute approximate surface area is 156 Å². The maximum Gasteiger partial charge on any atom is 0.434 e. The molecule has 1 fully saturated rings. The summed E-state index contributed by atoms with van der Waals surface area (Å²) in [7, 11) is 0. The second kappa shape index (κ2) is 6.65. The molecule has 3 heterocycles. The van der Waals surface area contributed by atoms with Crippen LogP contribution in [0.2, 0.25) is 0 Å². The predicted octanol–water partition coefficient (Wildman–Crippen LogP) is 3.73. The third kappa shape index (κ3) is 3.57. The average Bonchev–Trinajstić information content (AvgIpc) is 3.11. The molecule has 0 bridgehead atoms. The Kier molecular flexibility index (Phi) is 4.43. The average molecular weight is 395 g/mol. The van der Waals surface area contributed by atoms with E-state index in [4.69, 9.17) is 4.42 Å². The molecule has 0 amide bonds. The van der Waals surface area contributed by atoms with Gasteiger partial charge in [0.2, 0.25) is 0 Å². The summed E-state index contributed by atoms with van der Waals surface area (Å²) in [5.41, 5.74) is -0.325. The molecule has 5 nitrogen and oxygen atoms in total. The van der Waals surface area contributed by atoms with Crippen LogP contribution in [-0.4, -0.2) is 30.7 Å². The van der Waals surface area contributed by atoms with Gasteiger partial charge in [0.05, 0.1) is 5.56 Å². The van der Waals surface area contributed by atoms with Crippen molar-refractivity contribution in [1.29, 1.82) is 0 Å². The third-order valence-corrected chi connectivity index (χ3v) is 5.35. The van der Waals surface area contributed by atoms with E-state index in [-0.39, 0.29) is 10.6 Å². The molecule has 1 aliphatic rings. The molecule has 0 unspecified atom stereocenters. The van der Waals surface area contributed by atoms with Gasteiger partial charge in [-0.1, -0.05) is 0 Å². The number of nitrogens with one attached hydrogen (secondary N) is 1. The minimum absolute atomic E-state index is 0.00187. The highest BCUT2D eigenvalue weighted by molar-refractivity contribution is 7.13. The van der Waals surface area contributed by atoms with Gasteiger partial charge in [-0.15, -0.1) is 11.3 Å². The number of thiazole rings is 1. The number of fused-ring (bicyclic) bond motifs is 1. The van der Waals surface area contributed by atoms with Crippen LogP contribution in [0.15, 0.2) is 38.9 Å². The van der Waals surface area contributed by atoms with Gasteiger partial charge in [-0.3, -0.25) is 0 Å². The van der Waals surface area contributed by atoms with E-state index in [2.05, 4.69) is 22.1 Å². The van der Waals surface area contributed by atoms with Crippen molar-refractivity contribution in [2.24, 2.45) is 0 Å². The van der Waals surface area contributed by atoms with Gasteiger partial charge in [0.1, 0.15) is 10.6 Å². The standard InChI is InChI=1S/C18H16F3N3O2S/c1-10-8-24(5-4-22-10)12-3-2-11-6-13(17(25)26-14(11)7-12)16-23-15(9-27-16)18(19,20)21/h2-3,6-7,9-10,22H,4-5,8H2,1H3/t10-/m0/s1. The zero-order chi connectivity index (χ0) is 19.2. The van der Waals surface area contributed by atoms with Crippen LogP contribution < -0.4 is 15.8 Å². The number of hydrogen-bond acceptors (Lipinski definition) is 6. The zero-order valence-electron chi connectivity index (χ0n) is 14.3. The molecule has 0 radical (unpaired) electrons. The maximum absolute atomic E-state index is 12.8. The molecule has 1 saturated heterocycles. The summed E-state index contributed by atoms with van der Waals surface area (Å²) >= 11 is 0.772. The molecule has 1 aliphatic heterocycles. The highest BCUT2D eigenvalue weighted by Gasteiger charge is 2.34. The summed E-state index contributed by atoms with van der Waals surface area (Å²) in [4.78, 5) is 18.1. The minimum atomic E-state index is -4.54. The highest BCUT2D eigenvalue weighted by Crippen LogP contribution is 2.33. The lowest BCUT2D eigenvalue weighted by atomic mass is 10.1. The number of aromatic nitrogens is 1. The summed E-state index contributed by atoms with van der Waals surface area (Å²) in [6, 6.07) is 7.41. The smallest absolute Gasteiger partial charge is 0.422 e. The number of piperazine rings is 1. The number of hydrogen-bond donors (Lipinski definition) is 1. The van der Waals surface area contributed by atoms with Gasteiger partial charge in [-0.05, 0) is 25.1 Å². The largest absolute Gasteiger partial charge is 0.434 e. The van der Waals surface area contributed by atoms with Crippen LogP contribution in [0, 0.1) is 0 Å². The molecular weight excluding hydrogens is 379 g/mol. The first kappa shape index (κ1) is 18.0. The normalized spacial score (nSPS) is 18.2. The summed E-state index contributed by atoms with van der Waals surface area (Å²) in [6.07, 6.45) is -4.54. The molecule has 142 valence electrons. The van der Waals surface area contributed by atoms with Crippen molar-refractivity contribution in [3.8, 4) is 10.6 Å². The van der Waals surface area contributed by atoms with Gasteiger partial charge in [-0.2, -0.15) is 13.2 Å². The van der Waals surface area contributed by atoms with Gasteiger partial charge >= 0.3 is 11.8 Å². The fraction of sp³-hybridized carbons (Fsp3) is 0.333. The molecule has 0 aliphatic carbocycles. The Hall–Kier alpha value is -2.39. The molecule has 4 rings (SSSR count). The molecule has 0 saturated carbocycles. The fourth-order valence-electron chi connectivity index (χ4n) is 3.14. The molecule has 2 aromatic heterocycles. The third-order valence-electron chi connectivity index (χ3n) is 4.48. The Balaban J connectivity index is 1.71. The van der Waals surface area contributed by atoms with Crippen molar-refractivity contribution in [3.63, 3.8) is 0 Å². The second-order valence-corrected chi connectivity index (χ2v) is 7.36. The van der Waals surface area contributed by atoms with E-state index in [1.54, 1.807) is 6.07 Å². The van der Waals surface area contributed by atoms with Gasteiger partial charge in [0.25, 0.3) is 0 Å². The lowest BCUT2D eigenvalue weighted by Crippen LogP contribution is -2.49. The van der Waals surface area contributed by atoms with Gasteiger partial charge < -0.3 is 14.6 Å². The summed E-state index contributed by atoms with van der Waals surface area (Å²) < 4.78 is 43.6. The Bertz CT molecular complexity index is 1040. The van der Waals surface area contributed by atoms with E-state index >= 15 is 0 Å². The lowest BCUT2D eigenvalue weighted by molar-refractivity contribution is -0.140. The minimum Gasteiger partial charge on any atom is -0.422 e. The maximum atomic E-state index is 12.8. The van der Waals surface area contributed by atoms with Crippen LogP contribution in [-0.2, 0) is 6.18 Å². The van der Waals surface area contributed by atoms with Crippen LogP contribution in [0.4, 0.5) is 18.9 Å². The quantitative estimate of drug-likeness (QED) is 0.670. The van der Waals surface area contributed by atoms with E-state index in [0.29, 0.717) is 17.0 Å². The first-order valence-corrected chi connectivity index (χ1v) is 9.28. The van der Waals surface area contributed by atoms with Crippen molar-refractivity contribution >= 4 is 28.0 Å². The van der Waals surface area contributed by atoms with E-state index in [1.165, 1.54) is 6.07 Å². The number of rotatable bonds is 2. The molecule has 0 spiro atoms. The van der Waals surface area contributed by atoms with Gasteiger partial charge in [0, 0.05) is 48.2 Å². The fourth-order valence-corrected chi connectivity index (χ4v) is 3.97. The first-order valence-electron chi connectivity index (χ1n) is 8.40. The first-order chi connectivity index (χ1) is 12.8. The second-order valence-electron chi connectivity index (χ2n) is 6.51. The van der Waals surface area contributed by atoms with Crippen LogP contribution in [0.5, 0.6) is 0 Å². The zero-order valence-corrected chi connectivity index (χ0v) is 15.2.